The predicted octanol–water partition coefficient (Wildman–Crippen LogP) is 4.49. The van der Waals surface area contributed by atoms with E-state index in [2.05, 4.69) is 34.7 Å². The Morgan fingerprint density at radius 3 is 2.50 bits per heavy atom. The van der Waals surface area contributed by atoms with E-state index in [1.54, 1.807) is 12.3 Å². The summed E-state index contributed by atoms with van der Waals surface area (Å²) in [4.78, 5) is 16.6. The summed E-state index contributed by atoms with van der Waals surface area (Å²) < 4.78 is 0. The van der Waals surface area contributed by atoms with Crippen LogP contribution in [-0.2, 0) is 6.54 Å². The van der Waals surface area contributed by atoms with Crippen molar-refractivity contribution >= 4 is 11.6 Å². The lowest BCUT2D eigenvalue weighted by Gasteiger charge is -2.16. The zero-order valence-corrected chi connectivity index (χ0v) is 15.1. The molecular weight excluding hydrogens is 322 g/mol. The van der Waals surface area contributed by atoms with Crippen LogP contribution in [0.1, 0.15) is 40.1 Å². The van der Waals surface area contributed by atoms with E-state index < -0.39 is 0 Å². The molecule has 1 unspecified atom stereocenters. The van der Waals surface area contributed by atoms with Crippen LogP contribution >= 0.6 is 0 Å². The quantitative estimate of drug-likeness (QED) is 0.692. The molecule has 2 N–H and O–H groups in total. The summed E-state index contributed by atoms with van der Waals surface area (Å²) in [6, 6.07) is 22.1. The molecule has 132 valence electrons. The minimum Gasteiger partial charge on any atom is -0.378 e. The van der Waals surface area contributed by atoms with Crippen molar-refractivity contribution in [1.29, 1.82) is 0 Å². The zero-order valence-electron chi connectivity index (χ0n) is 15.1. The minimum absolute atomic E-state index is 0.141. The van der Waals surface area contributed by atoms with Gasteiger partial charge in [0.15, 0.2) is 0 Å². The number of rotatable bonds is 6. The van der Waals surface area contributed by atoms with Crippen LogP contribution in [0.4, 0.5) is 5.69 Å². The Bertz CT molecular complexity index is 860. The van der Waals surface area contributed by atoms with Crippen LogP contribution in [0.15, 0.2) is 72.9 Å². The molecule has 3 aromatic rings. The van der Waals surface area contributed by atoms with Crippen LogP contribution in [0.25, 0.3) is 0 Å². The number of benzene rings is 2. The molecule has 0 saturated heterocycles. The molecule has 26 heavy (non-hydrogen) atoms. The average Bonchev–Trinajstić information content (AvgIpc) is 2.68. The van der Waals surface area contributed by atoms with E-state index in [-0.39, 0.29) is 11.9 Å². The number of aromatic nitrogens is 1. The number of hydrogen-bond donors (Lipinski definition) is 2. The summed E-state index contributed by atoms with van der Waals surface area (Å²) in [6.07, 6.45) is 1.65. The van der Waals surface area contributed by atoms with Gasteiger partial charge >= 0.3 is 0 Å². The van der Waals surface area contributed by atoms with Crippen molar-refractivity contribution in [2.75, 3.05) is 5.32 Å². The fourth-order valence-electron chi connectivity index (χ4n) is 2.70. The second kappa shape index (κ2) is 8.30. The number of carbonyl (C=O) groups is 1. The van der Waals surface area contributed by atoms with E-state index in [1.807, 2.05) is 55.5 Å². The first kappa shape index (κ1) is 17.7. The number of carbonyl (C=O) groups excluding carboxylic acids is 1. The zero-order chi connectivity index (χ0) is 18.4. The Kier molecular flexibility index (Phi) is 5.64. The maximum atomic E-state index is 12.4. The molecule has 4 heteroatoms. The molecule has 3 rings (SSSR count). The summed E-state index contributed by atoms with van der Waals surface area (Å²) in [6.45, 7) is 4.62. The number of aryl methyl sites for hydroxylation is 1. The third-order valence-electron chi connectivity index (χ3n) is 4.25. The molecule has 1 heterocycles. The molecule has 1 aromatic heterocycles. The highest BCUT2D eigenvalue weighted by Crippen LogP contribution is 2.19. The highest BCUT2D eigenvalue weighted by Gasteiger charge is 2.10. The Morgan fingerprint density at radius 2 is 1.77 bits per heavy atom. The van der Waals surface area contributed by atoms with E-state index in [1.165, 1.54) is 11.1 Å². The van der Waals surface area contributed by atoms with Gasteiger partial charge in [-0.3, -0.25) is 9.78 Å². The van der Waals surface area contributed by atoms with Crippen LogP contribution in [0.3, 0.4) is 0 Å². The van der Waals surface area contributed by atoms with E-state index >= 15 is 0 Å². The van der Waals surface area contributed by atoms with Gasteiger partial charge in [0.1, 0.15) is 5.69 Å². The summed E-state index contributed by atoms with van der Waals surface area (Å²) in [5, 5.41) is 6.33. The smallest absolute Gasteiger partial charge is 0.270 e. The molecular formula is C22H23N3O. The average molecular weight is 345 g/mol. The van der Waals surface area contributed by atoms with Crippen LogP contribution in [0, 0.1) is 6.92 Å². The number of hydrogen-bond acceptors (Lipinski definition) is 3. The number of nitrogens with one attached hydrogen (secondary N) is 2. The SMILES string of the molecule is Cc1ccc(CNC(=O)c2cc(NC(C)c3ccccc3)ccn2)cc1. The fraction of sp³-hybridized carbons (Fsp3) is 0.182. The van der Waals surface area contributed by atoms with Gasteiger partial charge in [-0.2, -0.15) is 0 Å². The number of nitrogens with zero attached hydrogens (tertiary/aromatic N) is 1. The molecule has 0 saturated carbocycles. The summed E-state index contributed by atoms with van der Waals surface area (Å²) >= 11 is 0. The Labute approximate surface area is 154 Å². The Hall–Kier alpha value is -3.14. The summed E-state index contributed by atoms with van der Waals surface area (Å²) in [5.74, 6) is -0.179. The van der Waals surface area contributed by atoms with Crippen LogP contribution < -0.4 is 10.6 Å². The van der Waals surface area contributed by atoms with Gasteiger partial charge in [-0.05, 0) is 37.1 Å². The van der Waals surface area contributed by atoms with Gasteiger partial charge in [-0.1, -0.05) is 60.2 Å². The maximum absolute atomic E-state index is 12.4. The van der Waals surface area contributed by atoms with Crippen molar-refractivity contribution < 1.29 is 4.79 Å². The van der Waals surface area contributed by atoms with Crippen molar-refractivity contribution in [3.8, 4) is 0 Å². The van der Waals surface area contributed by atoms with Gasteiger partial charge in [-0.15, -0.1) is 0 Å². The lowest BCUT2D eigenvalue weighted by molar-refractivity contribution is 0.0946. The van der Waals surface area contributed by atoms with Gasteiger partial charge < -0.3 is 10.6 Å². The Balaban J connectivity index is 1.62. The Morgan fingerprint density at radius 1 is 1.04 bits per heavy atom. The van der Waals surface area contributed by atoms with E-state index in [0.29, 0.717) is 12.2 Å². The van der Waals surface area contributed by atoms with E-state index in [4.69, 9.17) is 0 Å². The number of pyridine rings is 1. The van der Waals surface area contributed by atoms with Crippen molar-refractivity contribution in [3.63, 3.8) is 0 Å². The third-order valence-corrected chi connectivity index (χ3v) is 4.25. The topological polar surface area (TPSA) is 54.0 Å². The molecule has 0 spiro atoms. The van der Waals surface area contributed by atoms with Crippen LogP contribution in [-0.4, -0.2) is 10.9 Å². The van der Waals surface area contributed by atoms with Crippen molar-refractivity contribution in [3.05, 3.63) is 95.3 Å². The van der Waals surface area contributed by atoms with Crippen molar-refractivity contribution in [1.82, 2.24) is 10.3 Å². The van der Waals surface area contributed by atoms with Gasteiger partial charge in [0.05, 0.1) is 0 Å². The second-order valence-electron chi connectivity index (χ2n) is 6.37. The first-order chi connectivity index (χ1) is 12.6. The molecule has 4 nitrogen and oxygen atoms in total. The largest absolute Gasteiger partial charge is 0.378 e. The summed E-state index contributed by atoms with van der Waals surface area (Å²) in [7, 11) is 0. The highest BCUT2D eigenvalue weighted by atomic mass is 16.1. The van der Waals surface area contributed by atoms with Gasteiger partial charge in [-0.25, -0.2) is 0 Å². The van der Waals surface area contributed by atoms with E-state index in [9.17, 15) is 4.79 Å². The van der Waals surface area contributed by atoms with Crippen LogP contribution in [0.2, 0.25) is 0 Å². The molecule has 0 fully saturated rings. The lowest BCUT2D eigenvalue weighted by Crippen LogP contribution is -2.24. The standard InChI is InChI=1S/C22H23N3O/c1-16-8-10-18(11-9-16)15-24-22(26)21-14-20(12-13-23-21)25-17(2)19-6-4-3-5-7-19/h3-14,17H,15H2,1-2H3,(H,23,25)(H,24,26). The van der Waals surface area contributed by atoms with Crippen molar-refractivity contribution in [2.24, 2.45) is 0 Å². The monoisotopic (exact) mass is 345 g/mol. The molecule has 0 aliphatic carbocycles. The maximum Gasteiger partial charge on any atom is 0.270 e. The fourth-order valence-corrected chi connectivity index (χ4v) is 2.70. The molecule has 0 aliphatic heterocycles. The number of amides is 1. The first-order valence-electron chi connectivity index (χ1n) is 8.73. The third kappa shape index (κ3) is 4.70. The minimum atomic E-state index is -0.179. The number of anilines is 1. The highest BCUT2D eigenvalue weighted by molar-refractivity contribution is 5.93. The van der Waals surface area contributed by atoms with Crippen molar-refractivity contribution in [2.45, 2.75) is 26.4 Å². The first-order valence-corrected chi connectivity index (χ1v) is 8.73. The van der Waals surface area contributed by atoms with E-state index in [0.717, 1.165) is 11.3 Å². The van der Waals surface area contributed by atoms with Gasteiger partial charge in [0.2, 0.25) is 0 Å². The normalized spacial score (nSPS) is 11.6. The predicted molar refractivity (Wildman–Crippen MR) is 105 cm³/mol. The molecule has 0 radical (unpaired) electrons. The molecule has 0 aliphatic rings. The molecule has 0 bridgehead atoms. The molecule has 1 atom stereocenters. The van der Waals surface area contributed by atoms with Gasteiger partial charge in [0, 0.05) is 24.5 Å². The van der Waals surface area contributed by atoms with Crippen LogP contribution in [0.5, 0.6) is 0 Å². The summed E-state index contributed by atoms with van der Waals surface area (Å²) in [5.41, 5.74) is 4.73. The molecule has 1 amide bonds. The molecule has 2 aromatic carbocycles. The second-order valence-corrected chi connectivity index (χ2v) is 6.37. The lowest BCUT2D eigenvalue weighted by atomic mass is 10.1. The van der Waals surface area contributed by atoms with Gasteiger partial charge in [0.25, 0.3) is 5.91 Å².